The zero-order valence-electron chi connectivity index (χ0n) is 7.14. The third-order valence-electron chi connectivity index (χ3n) is 1.78. The van der Waals surface area contributed by atoms with Gasteiger partial charge in [-0.1, -0.05) is 6.07 Å². The van der Waals surface area contributed by atoms with Gasteiger partial charge in [0.05, 0.1) is 7.11 Å². The molecule has 0 saturated heterocycles. The number of ether oxygens (including phenoxy) is 1. The highest BCUT2D eigenvalue weighted by atomic mass is 31.0. The van der Waals surface area contributed by atoms with Crippen molar-refractivity contribution in [1.82, 2.24) is 0 Å². The first-order valence-electron chi connectivity index (χ1n) is 3.56. The van der Waals surface area contributed by atoms with Crippen LogP contribution < -0.4 is 10.0 Å². The molecule has 0 aliphatic heterocycles. The van der Waals surface area contributed by atoms with Crippen LogP contribution in [0.1, 0.15) is 11.1 Å². The van der Waals surface area contributed by atoms with Gasteiger partial charge in [0.1, 0.15) is 5.75 Å². The van der Waals surface area contributed by atoms with Crippen molar-refractivity contribution in [1.29, 1.82) is 0 Å². The lowest BCUT2D eigenvalue weighted by molar-refractivity contribution is 0.412. The van der Waals surface area contributed by atoms with Crippen molar-refractivity contribution in [2.24, 2.45) is 0 Å². The van der Waals surface area contributed by atoms with Crippen molar-refractivity contribution in [3.05, 3.63) is 23.3 Å². The number of hydrogen-bond donors (Lipinski definition) is 0. The smallest absolute Gasteiger partial charge is 0.122 e. The minimum atomic E-state index is 0.959. The van der Waals surface area contributed by atoms with Crippen LogP contribution in [0.5, 0.6) is 5.75 Å². The van der Waals surface area contributed by atoms with E-state index in [-0.39, 0.29) is 0 Å². The molecule has 1 aromatic rings. The maximum Gasteiger partial charge on any atom is 0.122 e. The number of methoxy groups -OCH3 is 1. The zero-order valence-corrected chi connectivity index (χ0v) is 8.29. The molecular formula is C9H13OP. The molecule has 2 heteroatoms. The molecule has 1 rings (SSSR count). The van der Waals surface area contributed by atoms with E-state index >= 15 is 0 Å². The zero-order chi connectivity index (χ0) is 8.43. The van der Waals surface area contributed by atoms with E-state index in [1.807, 2.05) is 6.07 Å². The molecule has 1 aromatic carbocycles. The molecule has 1 nitrogen and oxygen atoms in total. The van der Waals surface area contributed by atoms with E-state index in [1.54, 1.807) is 7.11 Å². The van der Waals surface area contributed by atoms with Crippen molar-refractivity contribution in [2.75, 3.05) is 7.11 Å². The number of rotatable bonds is 1. The fourth-order valence-corrected chi connectivity index (χ4v) is 1.30. The lowest BCUT2D eigenvalue weighted by Crippen LogP contribution is -1.99. The summed E-state index contributed by atoms with van der Waals surface area (Å²) in [6.07, 6.45) is 0. The van der Waals surface area contributed by atoms with Crippen LogP contribution in [0.3, 0.4) is 0 Å². The summed E-state index contributed by atoms with van der Waals surface area (Å²) in [5.74, 6) is 0.959. The minimum absolute atomic E-state index is 0.959. The Morgan fingerprint density at radius 1 is 1.18 bits per heavy atom. The molecule has 0 bridgehead atoms. The van der Waals surface area contributed by atoms with Gasteiger partial charge in [-0.15, -0.1) is 9.24 Å². The third-order valence-corrected chi connectivity index (χ3v) is 2.41. The average molecular weight is 168 g/mol. The number of aryl methyl sites for hydroxylation is 2. The Morgan fingerprint density at radius 2 is 1.82 bits per heavy atom. The first-order valence-corrected chi connectivity index (χ1v) is 4.13. The quantitative estimate of drug-likeness (QED) is 0.581. The normalized spacial score (nSPS) is 9.82. The second-order valence-electron chi connectivity index (χ2n) is 2.68. The van der Waals surface area contributed by atoms with Gasteiger partial charge in [0.2, 0.25) is 0 Å². The predicted molar refractivity (Wildman–Crippen MR) is 51.8 cm³/mol. The van der Waals surface area contributed by atoms with Gasteiger partial charge in [-0.2, -0.15) is 0 Å². The molecule has 0 N–H and O–H groups in total. The topological polar surface area (TPSA) is 9.23 Å². The van der Waals surface area contributed by atoms with Gasteiger partial charge in [-0.25, -0.2) is 0 Å². The molecule has 0 saturated carbocycles. The Bertz CT molecular complexity index is 269. The van der Waals surface area contributed by atoms with Crippen molar-refractivity contribution < 1.29 is 4.74 Å². The summed E-state index contributed by atoms with van der Waals surface area (Å²) < 4.78 is 5.17. The maximum atomic E-state index is 5.17. The summed E-state index contributed by atoms with van der Waals surface area (Å²) in [7, 11) is 4.39. The molecule has 11 heavy (non-hydrogen) atoms. The highest BCUT2D eigenvalue weighted by molar-refractivity contribution is 7.27. The Balaban J connectivity index is 3.21. The van der Waals surface area contributed by atoms with Crippen LogP contribution >= 0.6 is 9.24 Å². The van der Waals surface area contributed by atoms with Crippen LogP contribution in [0.4, 0.5) is 0 Å². The van der Waals surface area contributed by atoms with Crippen molar-refractivity contribution in [3.63, 3.8) is 0 Å². The van der Waals surface area contributed by atoms with Crippen LogP contribution in [0.2, 0.25) is 0 Å². The van der Waals surface area contributed by atoms with Gasteiger partial charge in [0.15, 0.2) is 0 Å². The molecule has 0 fully saturated rings. The SMILES string of the molecule is COc1cc(P)c(C)cc1C. The molecule has 0 radical (unpaired) electrons. The highest BCUT2D eigenvalue weighted by Crippen LogP contribution is 2.17. The molecule has 0 aromatic heterocycles. The van der Waals surface area contributed by atoms with E-state index in [2.05, 4.69) is 29.2 Å². The van der Waals surface area contributed by atoms with E-state index in [1.165, 1.54) is 16.4 Å². The lowest BCUT2D eigenvalue weighted by Gasteiger charge is -2.07. The van der Waals surface area contributed by atoms with Gasteiger partial charge < -0.3 is 4.74 Å². The average Bonchev–Trinajstić information content (AvgIpc) is 1.97. The van der Waals surface area contributed by atoms with E-state index < -0.39 is 0 Å². The second kappa shape index (κ2) is 3.23. The van der Waals surface area contributed by atoms with Crippen molar-refractivity contribution in [3.8, 4) is 5.75 Å². The standard InChI is InChI=1S/C9H13OP/c1-6-4-7(2)9(11)5-8(6)10-3/h4-5H,11H2,1-3H3. The fourth-order valence-electron chi connectivity index (χ4n) is 1.07. The summed E-state index contributed by atoms with van der Waals surface area (Å²) >= 11 is 0. The van der Waals surface area contributed by atoms with Gasteiger partial charge in [-0.3, -0.25) is 0 Å². The monoisotopic (exact) mass is 168 g/mol. The highest BCUT2D eigenvalue weighted by Gasteiger charge is 1.99. The van der Waals surface area contributed by atoms with E-state index in [9.17, 15) is 0 Å². The van der Waals surface area contributed by atoms with Gasteiger partial charge in [0, 0.05) is 0 Å². The Kier molecular flexibility index (Phi) is 2.51. The maximum absolute atomic E-state index is 5.17. The Hall–Kier alpha value is -0.550. The van der Waals surface area contributed by atoms with Crippen LogP contribution in [0.15, 0.2) is 12.1 Å². The second-order valence-corrected chi connectivity index (χ2v) is 3.30. The summed E-state index contributed by atoms with van der Waals surface area (Å²) in [4.78, 5) is 0. The summed E-state index contributed by atoms with van der Waals surface area (Å²) in [6.45, 7) is 4.14. The first kappa shape index (κ1) is 8.55. The van der Waals surface area contributed by atoms with Crippen LogP contribution in [0.25, 0.3) is 0 Å². The Morgan fingerprint density at radius 3 is 2.36 bits per heavy atom. The molecule has 0 aliphatic carbocycles. The molecular weight excluding hydrogens is 155 g/mol. The first-order chi connectivity index (χ1) is 5.15. The minimum Gasteiger partial charge on any atom is -0.496 e. The van der Waals surface area contributed by atoms with Gasteiger partial charge in [-0.05, 0) is 36.3 Å². The predicted octanol–water partition coefficient (Wildman–Crippen LogP) is 1.81. The van der Waals surface area contributed by atoms with Gasteiger partial charge >= 0.3 is 0 Å². The van der Waals surface area contributed by atoms with Crippen LogP contribution in [-0.4, -0.2) is 7.11 Å². The number of benzene rings is 1. The van der Waals surface area contributed by atoms with Crippen molar-refractivity contribution in [2.45, 2.75) is 13.8 Å². The van der Waals surface area contributed by atoms with Gasteiger partial charge in [0.25, 0.3) is 0 Å². The fraction of sp³-hybridized carbons (Fsp3) is 0.333. The Labute approximate surface area is 70.0 Å². The molecule has 0 amide bonds. The van der Waals surface area contributed by atoms with Crippen LogP contribution in [0, 0.1) is 13.8 Å². The van der Waals surface area contributed by atoms with Crippen LogP contribution in [-0.2, 0) is 0 Å². The molecule has 1 unspecified atom stereocenters. The van der Waals surface area contributed by atoms with E-state index in [0.717, 1.165) is 5.75 Å². The lowest BCUT2D eigenvalue weighted by atomic mass is 10.1. The number of hydrogen-bond acceptors (Lipinski definition) is 1. The largest absolute Gasteiger partial charge is 0.496 e. The molecule has 0 spiro atoms. The molecule has 1 atom stereocenters. The molecule has 60 valence electrons. The molecule has 0 aliphatic rings. The summed E-state index contributed by atoms with van der Waals surface area (Å²) in [5, 5.41) is 1.20. The van der Waals surface area contributed by atoms with Crippen molar-refractivity contribution >= 4 is 14.5 Å². The summed E-state index contributed by atoms with van der Waals surface area (Å²) in [5.41, 5.74) is 2.48. The van der Waals surface area contributed by atoms with E-state index in [0.29, 0.717) is 0 Å². The van der Waals surface area contributed by atoms with E-state index in [4.69, 9.17) is 4.74 Å². The summed E-state index contributed by atoms with van der Waals surface area (Å²) in [6, 6.07) is 4.16. The third kappa shape index (κ3) is 1.72. The molecule has 0 heterocycles.